The molecular weight excluding hydrogens is 266 g/mol. The number of hydrogen-bond acceptors (Lipinski definition) is 4. The zero-order valence-electron chi connectivity index (χ0n) is 12.7. The van der Waals surface area contributed by atoms with Crippen LogP contribution in [-0.4, -0.2) is 61.6 Å². The summed E-state index contributed by atoms with van der Waals surface area (Å²) in [4.78, 5) is 16.3. The summed E-state index contributed by atoms with van der Waals surface area (Å²) >= 11 is 0. The number of carbonyl (C=O) groups excluding carboxylic acids is 1. The van der Waals surface area contributed by atoms with Crippen molar-refractivity contribution in [2.24, 2.45) is 0 Å². The monoisotopic (exact) mass is 289 g/mol. The van der Waals surface area contributed by atoms with E-state index in [9.17, 15) is 4.79 Å². The summed E-state index contributed by atoms with van der Waals surface area (Å²) in [6, 6.07) is 8.35. The number of nitrogens with one attached hydrogen (secondary N) is 1. The molecule has 2 heterocycles. The third-order valence-electron chi connectivity index (χ3n) is 4.21. The Morgan fingerprint density at radius 1 is 1.33 bits per heavy atom. The molecule has 1 aromatic rings. The van der Waals surface area contributed by atoms with Crippen LogP contribution in [0.3, 0.4) is 0 Å². The first-order chi connectivity index (χ1) is 10.1. The number of ether oxygens (including phenoxy) is 1. The highest BCUT2D eigenvalue weighted by atomic mass is 16.5. The molecule has 0 saturated carbocycles. The molecule has 0 bridgehead atoms. The standard InChI is InChI=1S/C16H23N3O2/c1-12-3-5-13(6-4-12)16-17-9-15(20)19(16)11-14-10-18(2)7-8-21-14/h3-6,14,16-17H,7-11H2,1-2H3. The summed E-state index contributed by atoms with van der Waals surface area (Å²) in [6.07, 6.45) is 0.0643. The molecule has 21 heavy (non-hydrogen) atoms. The minimum Gasteiger partial charge on any atom is -0.374 e. The van der Waals surface area contributed by atoms with Gasteiger partial charge >= 0.3 is 0 Å². The van der Waals surface area contributed by atoms with Crippen molar-refractivity contribution in [1.82, 2.24) is 15.1 Å². The Balaban J connectivity index is 1.71. The van der Waals surface area contributed by atoms with Crippen LogP contribution in [0, 0.1) is 6.92 Å². The lowest BCUT2D eigenvalue weighted by Gasteiger charge is -2.34. The second-order valence-corrected chi connectivity index (χ2v) is 6.00. The highest BCUT2D eigenvalue weighted by Crippen LogP contribution is 2.23. The quantitative estimate of drug-likeness (QED) is 0.892. The maximum atomic E-state index is 12.2. The van der Waals surface area contributed by atoms with Gasteiger partial charge in [0, 0.05) is 13.1 Å². The maximum Gasteiger partial charge on any atom is 0.238 e. The lowest BCUT2D eigenvalue weighted by molar-refractivity contribution is -0.131. The van der Waals surface area contributed by atoms with E-state index in [-0.39, 0.29) is 18.2 Å². The number of nitrogens with zero attached hydrogens (tertiary/aromatic N) is 2. The van der Waals surface area contributed by atoms with Gasteiger partial charge in [0.15, 0.2) is 0 Å². The van der Waals surface area contributed by atoms with Crippen LogP contribution in [0.25, 0.3) is 0 Å². The van der Waals surface area contributed by atoms with Crippen LogP contribution in [0.5, 0.6) is 0 Å². The van der Waals surface area contributed by atoms with Gasteiger partial charge in [-0.05, 0) is 19.5 Å². The van der Waals surface area contributed by atoms with Gasteiger partial charge in [-0.2, -0.15) is 0 Å². The maximum absolute atomic E-state index is 12.2. The number of rotatable bonds is 3. The van der Waals surface area contributed by atoms with Crippen molar-refractivity contribution in [2.45, 2.75) is 19.2 Å². The van der Waals surface area contributed by atoms with Crippen molar-refractivity contribution < 1.29 is 9.53 Å². The van der Waals surface area contributed by atoms with E-state index in [0.29, 0.717) is 13.1 Å². The minimum atomic E-state index is -0.0334. The number of morpholine rings is 1. The Morgan fingerprint density at radius 3 is 2.81 bits per heavy atom. The van der Waals surface area contributed by atoms with Gasteiger partial charge in [0.1, 0.15) is 6.17 Å². The summed E-state index contributed by atoms with van der Waals surface area (Å²) in [5.41, 5.74) is 2.36. The molecule has 2 unspecified atom stereocenters. The summed E-state index contributed by atoms with van der Waals surface area (Å²) < 4.78 is 5.80. The van der Waals surface area contributed by atoms with E-state index >= 15 is 0 Å². The highest BCUT2D eigenvalue weighted by Gasteiger charge is 2.34. The second kappa shape index (κ2) is 6.13. The zero-order valence-corrected chi connectivity index (χ0v) is 12.7. The van der Waals surface area contributed by atoms with Crippen LogP contribution < -0.4 is 5.32 Å². The lowest BCUT2D eigenvalue weighted by atomic mass is 10.1. The molecule has 2 fully saturated rings. The first-order valence-corrected chi connectivity index (χ1v) is 7.53. The van der Waals surface area contributed by atoms with Crippen LogP contribution in [0.15, 0.2) is 24.3 Å². The number of hydrogen-bond donors (Lipinski definition) is 1. The molecular formula is C16H23N3O2. The van der Waals surface area contributed by atoms with Gasteiger partial charge in [-0.1, -0.05) is 29.8 Å². The molecule has 2 aliphatic heterocycles. The first-order valence-electron chi connectivity index (χ1n) is 7.53. The average Bonchev–Trinajstić information content (AvgIpc) is 2.81. The molecule has 1 N–H and O–H groups in total. The van der Waals surface area contributed by atoms with Gasteiger partial charge in [0.25, 0.3) is 0 Å². The van der Waals surface area contributed by atoms with E-state index in [4.69, 9.17) is 4.74 Å². The number of aryl methyl sites for hydroxylation is 1. The summed E-state index contributed by atoms with van der Waals surface area (Å²) in [5, 5.41) is 3.30. The molecule has 5 heteroatoms. The second-order valence-electron chi connectivity index (χ2n) is 6.00. The predicted molar refractivity (Wildman–Crippen MR) is 80.9 cm³/mol. The van der Waals surface area contributed by atoms with E-state index in [1.54, 1.807) is 0 Å². The third-order valence-corrected chi connectivity index (χ3v) is 4.21. The first kappa shape index (κ1) is 14.5. The van der Waals surface area contributed by atoms with Gasteiger partial charge in [-0.25, -0.2) is 0 Å². The Hall–Kier alpha value is -1.43. The zero-order chi connectivity index (χ0) is 14.8. The molecule has 2 aliphatic rings. The molecule has 1 aromatic carbocycles. The molecule has 0 aromatic heterocycles. The van der Waals surface area contributed by atoms with E-state index in [1.807, 2.05) is 4.90 Å². The Bertz CT molecular complexity index is 503. The van der Waals surface area contributed by atoms with Crippen molar-refractivity contribution in [3.8, 4) is 0 Å². The normalized spacial score (nSPS) is 27.3. The van der Waals surface area contributed by atoms with Crippen molar-refractivity contribution in [1.29, 1.82) is 0 Å². The fraction of sp³-hybridized carbons (Fsp3) is 0.562. The minimum absolute atomic E-state index is 0.0334. The number of amides is 1. The fourth-order valence-corrected chi connectivity index (χ4v) is 2.99. The molecule has 114 valence electrons. The van der Waals surface area contributed by atoms with Crippen molar-refractivity contribution in [2.75, 3.05) is 39.8 Å². The molecule has 3 rings (SSSR count). The largest absolute Gasteiger partial charge is 0.374 e. The van der Waals surface area contributed by atoms with E-state index in [1.165, 1.54) is 5.56 Å². The number of benzene rings is 1. The van der Waals surface area contributed by atoms with Gasteiger partial charge in [-0.3, -0.25) is 10.1 Å². The topological polar surface area (TPSA) is 44.8 Å². The molecule has 2 atom stereocenters. The summed E-state index contributed by atoms with van der Waals surface area (Å²) in [7, 11) is 2.09. The number of likely N-dealkylation sites (N-methyl/N-ethyl adjacent to an activating group) is 1. The molecule has 0 spiro atoms. The van der Waals surface area contributed by atoms with Crippen molar-refractivity contribution >= 4 is 5.91 Å². The van der Waals surface area contributed by atoms with Gasteiger partial charge in [-0.15, -0.1) is 0 Å². The predicted octanol–water partition coefficient (Wildman–Crippen LogP) is 0.756. The summed E-state index contributed by atoms with van der Waals surface area (Å²) in [6.45, 7) is 5.70. The number of carbonyl (C=O) groups is 1. The van der Waals surface area contributed by atoms with Gasteiger partial charge in [0.05, 0.1) is 25.8 Å². The van der Waals surface area contributed by atoms with Gasteiger partial charge < -0.3 is 14.5 Å². The summed E-state index contributed by atoms with van der Waals surface area (Å²) in [5.74, 6) is 0.150. The Morgan fingerprint density at radius 2 is 2.10 bits per heavy atom. The van der Waals surface area contributed by atoms with Crippen LogP contribution in [0.1, 0.15) is 17.3 Å². The van der Waals surface area contributed by atoms with E-state index in [0.717, 1.165) is 25.3 Å². The van der Waals surface area contributed by atoms with Crippen LogP contribution in [-0.2, 0) is 9.53 Å². The third kappa shape index (κ3) is 3.26. The molecule has 0 aliphatic carbocycles. The lowest BCUT2D eigenvalue weighted by Crippen LogP contribution is -2.47. The van der Waals surface area contributed by atoms with E-state index in [2.05, 4.69) is 48.5 Å². The highest BCUT2D eigenvalue weighted by molar-refractivity contribution is 5.81. The van der Waals surface area contributed by atoms with Crippen molar-refractivity contribution in [3.05, 3.63) is 35.4 Å². The molecule has 2 saturated heterocycles. The smallest absolute Gasteiger partial charge is 0.238 e. The average molecular weight is 289 g/mol. The molecule has 5 nitrogen and oxygen atoms in total. The molecule has 0 radical (unpaired) electrons. The van der Waals surface area contributed by atoms with Crippen LogP contribution in [0.4, 0.5) is 0 Å². The Labute approximate surface area is 125 Å². The van der Waals surface area contributed by atoms with E-state index < -0.39 is 0 Å². The Kier molecular flexibility index (Phi) is 4.24. The van der Waals surface area contributed by atoms with Gasteiger partial charge in [0.2, 0.25) is 5.91 Å². The van der Waals surface area contributed by atoms with Crippen LogP contribution in [0.2, 0.25) is 0 Å². The SMILES string of the molecule is Cc1ccc(C2NCC(=O)N2CC2CN(C)CCO2)cc1. The van der Waals surface area contributed by atoms with Crippen molar-refractivity contribution in [3.63, 3.8) is 0 Å². The fourth-order valence-electron chi connectivity index (χ4n) is 2.99. The van der Waals surface area contributed by atoms with Crippen LogP contribution >= 0.6 is 0 Å². The molecule has 1 amide bonds.